The molecule has 0 bridgehead atoms. The molecular formula is C6H8O6. The van der Waals surface area contributed by atoms with Crippen LogP contribution in [-0.4, -0.2) is 35.7 Å². The third-order valence-electron chi connectivity index (χ3n) is 0.769. The average Bonchev–Trinajstić information content (AvgIpc) is 2.02. The molecule has 0 aliphatic carbocycles. The van der Waals surface area contributed by atoms with Crippen molar-refractivity contribution in [2.24, 2.45) is 0 Å². The normalized spacial score (nSPS) is 9.83. The van der Waals surface area contributed by atoms with Crippen LogP contribution in [0.4, 0.5) is 0 Å². The molecule has 68 valence electrons. The molecular weight excluding hydrogens is 168 g/mol. The Morgan fingerprint density at radius 3 is 1.58 bits per heavy atom. The van der Waals surface area contributed by atoms with Crippen molar-refractivity contribution in [3.05, 3.63) is 12.2 Å². The number of aliphatic hydroxyl groups excluding tert-OH is 2. The van der Waals surface area contributed by atoms with E-state index in [-0.39, 0.29) is 0 Å². The van der Waals surface area contributed by atoms with Crippen LogP contribution in [-0.2, 0) is 19.1 Å². The van der Waals surface area contributed by atoms with Gasteiger partial charge in [0.25, 0.3) is 0 Å². The highest BCUT2D eigenvalue weighted by molar-refractivity contribution is 5.91. The lowest BCUT2D eigenvalue weighted by Crippen LogP contribution is -2.05. The number of aliphatic hydroxyl groups is 2. The average molecular weight is 176 g/mol. The van der Waals surface area contributed by atoms with Gasteiger partial charge >= 0.3 is 11.9 Å². The quantitative estimate of drug-likeness (QED) is 0.308. The van der Waals surface area contributed by atoms with Crippen molar-refractivity contribution in [1.29, 1.82) is 0 Å². The van der Waals surface area contributed by atoms with Gasteiger partial charge in [-0.15, -0.1) is 0 Å². The van der Waals surface area contributed by atoms with Crippen LogP contribution in [0.25, 0.3) is 0 Å². The van der Waals surface area contributed by atoms with Gasteiger partial charge in [0.2, 0.25) is 0 Å². The number of hydrogen-bond donors (Lipinski definition) is 2. The summed E-state index contributed by atoms with van der Waals surface area (Å²) in [6.07, 6.45) is 1.54. The van der Waals surface area contributed by atoms with Gasteiger partial charge in [-0.05, 0) is 0 Å². The van der Waals surface area contributed by atoms with Crippen LogP contribution in [0.1, 0.15) is 0 Å². The summed E-state index contributed by atoms with van der Waals surface area (Å²) in [4.78, 5) is 20.8. The van der Waals surface area contributed by atoms with Gasteiger partial charge < -0.3 is 19.7 Å². The molecule has 0 aliphatic rings. The van der Waals surface area contributed by atoms with E-state index in [2.05, 4.69) is 9.47 Å². The molecule has 0 atom stereocenters. The predicted octanol–water partition coefficient (Wildman–Crippen LogP) is -1.47. The second-order valence-electron chi connectivity index (χ2n) is 1.52. The van der Waals surface area contributed by atoms with Crippen LogP contribution in [0.3, 0.4) is 0 Å². The number of carbonyl (C=O) groups is 2. The lowest BCUT2D eigenvalue weighted by molar-refractivity contribution is -0.148. The maximum Gasteiger partial charge on any atom is 0.333 e. The van der Waals surface area contributed by atoms with Crippen LogP contribution in [0.2, 0.25) is 0 Å². The fourth-order valence-electron chi connectivity index (χ4n) is 0.360. The number of rotatable bonds is 4. The highest BCUT2D eigenvalue weighted by Gasteiger charge is 1.98. The van der Waals surface area contributed by atoms with Gasteiger partial charge in [0.05, 0.1) is 0 Å². The fraction of sp³-hybridized carbons (Fsp3) is 0.333. The van der Waals surface area contributed by atoms with Crippen LogP contribution < -0.4 is 0 Å². The van der Waals surface area contributed by atoms with Crippen LogP contribution in [0.5, 0.6) is 0 Å². The van der Waals surface area contributed by atoms with Gasteiger partial charge in [-0.2, -0.15) is 0 Å². The third kappa shape index (κ3) is 5.39. The Balaban J connectivity index is 3.73. The Bertz CT molecular complexity index is 164. The molecule has 0 aliphatic heterocycles. The number of carbonyl (C=O) groups excluding carboxylic acids is 2. The Morgan fingerprint density at radius 1 is 1.00 bits per heavy atom. The van der Waals surface area contributed by atoms with E-state index >= 15 is 0 Å². The summed E-state index contributed by atoms with van der Waals surface area (Å²) in [7, 11) is 0. The van der Waals surface area contributed by atoms with Gasteiger partial charge in [-0.3, -0.25) is 0 Å². The lowest BCUT2D eigenvalue weighted by atomic mass is 10.5. The second kappa shape index (κ2) is 6.32. The summed E-state index contributed by atoms with van der Waals surface area (Å²) in [5.41, 5.74) is 0. The van der Waals surface area contributed by atoms with Gasteiger partial charge in [0.15, 0.2) is 13.6 Å². The minimum absolute atomic E-state index is 0.752. The number of esters is 2. The first-order valence-corrected chi connectivity index (χ1v) is 2.94. The van der Waals surface area contributed by atoms with E-state index in [0.717, 1.165) is 12.2 Å². The van der Waals surface area contributed by atoms with E-state index in [4.69, 9.17) is 10.2 Å². The lowest BCUT2D eigenvalue weighted by Gasteiger charge is -1.94. The van der Waals surface area contributed by atoms with Crippen molar-refractivity contribution in [2.45, 2.75) is 0 Å². The van der Waals surface area contributed by atoms with E-state index < -0.39 is 25.5 Å². The molecule has 0 heterocycles. The maximum absolute atomic E-state index is 10.4. The smallest absolute Gasteiger partial charge is 0.333 e. The molecule has 2 N–H and O–H groups in total. The third-order valence-corrected chi connectivity index (χ3v) is 0.769. The number of ether oxygens (including phenoxy) is 2. The predicted molar refractivity (Wildman–Crippen MR) is 35.5 cm³/mol. The van der Waals surface area contributed by atoms with E-state index in [1.807, 2.05) is 0 Å². The molecule has 6 heteroatoms. The molecule has 0 aromatic rings. The minimum Gasteiger partial charge on any atom is -0.436 e. The van der Waals surface area contributed by atoms with Gasteiger partial charge in [0, 0.05) is 12.2 Å². The van der Waals surface area contributed by atoms with E-state index in [1.54, 1.807) is 0 Å². The largest absolute Gasteiger partial charge is 0.436 e. The molecule has 0 aromatic heterocycles. The van der Waals surface area contributed by atoms with Gasteiger partial charge in [-0.1, -0.05) is 0 Å². The summed E-state index contributed by atoms with van der Waals surface area (Å²) in [6, 6.07) is 0. The first kappa shape index (κ1) is 10.6. The molecule has 0 unspecified atom stereocenters. The van der Waals surface area contributed by atoms with Crippen molar-refractivity contribution in [3.63, 3.8) is 0 Å². The first-order valence-electron chi connectivity index (χ1n) is 2.94. The summed E-state index contributed by atoms with van der Waals surface area (Å²) in [6.45, 7) is -1.50. The molecule has 0 saturated heterocycles. The molecule has 12 heavy (non-hydrogen) atoms. The van der Waals surface area contributed by atoms with Crippen LogP contribution in [0, 0.1) is 0 Å². The zero-order valence-electron chi connectivity index (χ0n) is 6.10. The van der Waals surface area contributed by atoms with Crippen molar-refractivity contribution < 1.29 is 29.3 Å². The Morgan fingerprint density at radius 2 is 1.33 bits per heavy atom. The minimum atomic E-state index is -0.868. The highest BCUT2D eigenvalue weighted by Crippen LogP contribution is 1.83. The van der Waals surface area contributed by atoms with Crippen LogP contribution >= 0.6 is 0 Å². The molecule has 0 rings (SSSR count). The Hall–Kier alpha value is -1.40. The topological polar surface area (TPSA) is 93.1 Å². The monoisotopic (exact) mass is 176 g/mol. The summed E-state index contributed by atoms with van der Waals surface area (Å²) < 4.78 is 8.06. The maximum atomic E-state index is 10.4. The van der Waals surface area contributed by atoms with Crippen LogP contribution in [0.15, 0.2) is 12.2 Å². The highest BCUT2D eigenvalue weighted by atomic mass is 16.6. The van der Waals surface area contributed by atoms with E-state index in [1.165, 1.54) is 0 Å². The Labute approximate surface area is 68.0 Å². The summed E-state index contributed by atoms with van der Waals surface area (Å²) >= 11 is 0. The van der Waals surface area contributed by atoms with Crippen molar-refractivity contribution >= 4 is 11.9 Å². The zero-order valence-corrected chi connectivity index (χ0v) is 6.10. The SMILES string of the molecule is O=C(/C=C/C(=O)OCO)OCO. The van der Waals surface area contributed by atoms with Crippen molar-refractivity contribution in [3.8, 4) is 0 Å². The summed E-state index contributed by atoms with van der Waals surface area (Å²) in [5.74, 6) is -1.74. The molecule has 6 nitrogen and oxygen atoms in total. The van der Waals surface area contributed by atoms with Gasteiger partial charge in [-0.25, -0.2) is 9.59 Å². The van der Waals surface area contributed by atoms with Crippen molar-refractivity contribution in [2.75, 3.05) is 13.6 Å². The first-order chi connectivity index (χ1) is 5.70. The van der Waals surface area contributed by atoms with Gasteiger partial charge in [0.1, 0.15) is 0 Å². The molecule has 0 amide bonds. The molecule has 0 radical (unpaired) electrons. The molecule has 0 saturated carbocycles. The molecule has 0 aromatic carbocycles. The molecule has 0 fully saturated rings. The second-order valence-corrected chi connectivity index (χ2v) is 1.52. The zero-order chi connectivity index (χ0) is 9.40. The van der Waals surface area contributed by atoms with Crippen molar-refractivity contribution in [1.82, 2.24) is 0 Å². The Kier molecular flexibility index (Phi) is 5.58. The number of hydrogen-bond acceptors (Lipinski definition) is 6. The summed E-state index contributed by atoms with van der Waals surface area (Å²) in [5, 5.41) is 16.1. The standard InChI is InChI=1S/C6H8O6/c7-3-11-5(9)1-2-6(10)12-4-8/h1-2,7-8H,3-4H2/b2-1+. The van der Waals surface area contributed by atoms with E-state index in [0.29, 0.717) is 0 Å². The molecule has 0 spiro atoms. The van der Waals surface area contributed by atoms with E-state index in [9.17, 15) is 9.59 Å². The fourth-order valence-corrected chi connectivity index (χ4v) is 0.360.